The Morgan fingerprint density at radius 2 is 2.16 bits per heavy atom. The maximum absolute atomic E-state index is 13.5. The molecule has 0 aliphatic heterocycles. The number of anilines is 1. The van der Waals surface area contributed by atoms with Gasteiger partial charge in [0.05, 0.1) is 5.56 Å². The Balaban J connectivity index is 2.39. The average molecular weight is 267 g/mol. The predicted molar refractivity (Wildman–Crippen MR) is 75.5 cm³/mol. The second kappa shape index (κ2) is 7.09. The molecule has 0 aliphatic rings. The topological polar surface area (TPSA) is 58.4 Å². The maximum Gasteiger partial charge on any atom is 0.254 e. The standard InChI is InChI=1S/C14H22FN3O/c1-10(2)18(3)8-4-7-17-14(19)12-6-5-11(16)9-13(12)15/h5-6,9-10H,4,7-8,16H2,1-3H3,(H,17,19). The van der Waals surface area contributed by atoms with Crippen LogP contribution < -0.4 is 11.1 Å². The smallest absolute Gasteiger partial charge is 0.254 e. The second-order valence-corrected chi connectivity index (χ2v) is 4.92. The van der Waals surface area contributed by atoms with Crippen molar-refractivity contribution in [1.29, 1.82) is 0 Å². The monoisotopic (exact) mass is 267 g/mol. The van der Waals surface area contributed by atoms with Gasteiger partial charge < -0.3 is 16.0 Å². The first-order chi connectivity index (χ1) is 8.91. The van der Waals surface area contributed by atoms with Gasteiger partial charge in [-0.05, 0) is 52.1 Å². The van der Waals surface area contributed by atoms with Crippen LogP contribution in [0.15, 0.2) is 18.2 Å². The lowest BCUT2D eigenvalue weighted by Gasteiger charge is -2.20. The fourth-order valence-corrected chi connectivity index (χ4v) is 1.60. The summed E-state index contributed by atoms with van der Waals surface area (Å²) in [5.41, 5.74) is 5.78. The number of benzene rings is 1. The molecule has 0 radical (unpaired) electrons. The normalized spacial score (nSPS) is 11.1. The number of nitrogens with one attached hydrogen (secondary N) is 1. The molecular formula is C14H22FN3O. The highest BCUT2D eigenvalue weighted by atomic mass is 19.1. The third-order valence-electron chi connectivity index (χ3n) is 3.09. The van der Waals surface area contributed by atoms with Gasteiger partial charge in [0.25, 0.3) is 5.91 Å². The molecule has 1 aromatic carbocycles. The third kappa shape index (κ3) is 4.87. The number of nitrogen functional groups attached to an aromatic ring is 1. The van der Waals surface area contributed by atoms with E-state index in [1.165, 1.54) is 12.1 Å². The summed E-state index contributed by atoms with van der Waals surface area (Å²) in [6.07, 6.45) is 0.830. The summed E-state index contributed by atoms with van der Waals surface area (Å²) in [7, 11) is 2.03. The predicted octanol–water partition coefficient (Wildman–Crippen LogP) is 1.87. The Hall–Kier alpha value is -1.62. The van der Waals surface area contributed by atoms with E-state index < -0.39 is 11.7 Å². The van der Waals surface area contributed by atoms with Crippen molar-refractivity contribution in [2.75, 3.05) is 25.9 Å². The zero-order valence-corrected chi connectivity index (χ0v) is 11.7. The minimum atomic E-state index is -0.586. The Kier molecular flexibility index (Phi) is 5.76. The molecule has 5 heteroatoms. The molecule has 4 nitrogen and oxygen atoms in total. The van der Waals surface area contributed by atoms with E-state index >= 15 is 0 Å². The van der Waals surface area contributed by atoms with Gasteiger partial charge in [-0.3, -0.25) is 4.79 Å². The van der Waals surface area contributed by atoms with Crippen molar-refractivity contribution >= 4 is 11.6 Å². The zero-order valence-electron chi connectivity index (χ0n) is 11.7. The van der Waals surface area contributed by atoms with Crippen LogP contribution >= 0.6 is 0 Å². The van der Waals surface area contributed by atoms with E-state index in [-0.39, 0.29) is 5.56 Å². The van der Waals surface area contributed by atoms with Crippen molar-refractivity contribution in [3.05, 3.63) is 29.6 Å². The van der Waals surface area contributed by atoms with E-state index in [0.717, 1.165) is 19.0 Å². The molecule has 0 saturated heterocycles. The van der Waals surface area contributed by atoms with Crippen LogP contribution in [0.4, 0.5) is 10.1 Å². The molecule has 0 saturated carbocycles. The SMILES string of the molecule is CC(C)N(C)CCCNC(=O)c1ccc(N)cc1F. The van der Waals surface area contributed by atoms with Gasteiger partial charge in [0, 0.05) is 18.3 Å². The first-order valence-corrected chi connectivity index (χ1v) is 6.45. The summed E-state index contributed by atoms with van der Waals surface area (Å²) in [6.45, 7) is 5.65. The lowest BCUT2D eigenvalue weighted by atomic mass is 10.2. The van der Waals surface area contributed by atoms with Gasteiger partial charge in [0.1, 0.15) is 5.82 Å². The van der Waals surface area contributed by atoms with Crippen LogP contribution in [0.3, 0.4) is 0 Å². The molecule has 0 heterocycles. The molecule has 0 unspecified atom stereocenters. The van der Waals surface area contributed by atoms with Gasteiger partial charge in [-0.1, -0.05) is 0 Å². The highest BCUT2D eigenvalue weighted by Gasteiger charge is 2.11. The molecule has 1 aromatic rings. The van der Waals surface area contributed by atoms with Crippen molar-refractivity contribution < 1.29 is 9.18 Å². The number of amides is 1. The quantitative estimate of drug-likeness (QED) is 0.611. The van der Waals surface area contributed by atoms with Gasteiger partial charge in [0.2, 0.25) is 0 Å². The molecule has 1 rings (SSSR count). The van der Waals surface area contributed by atoms with Crippen molar-refractivity contribution in [2.24, 2.45) is 0 Å². The summed E-state index contributed by atoms with van der Waals surface area (Å²) >= 11 is 0. The molecule has 1 amide bonds. The van der Waals surface area contributed by atoms with E-state index in [0.29, 0.717) is 18.3 Å². The molecule has 3 N–H and O–H groups in total. The summed E-state index contributed by atoms with van der Waals surface area (Å²) < 4.78 is 13.5. The summed E-state index contributed by atoms with van der Waals surface area (Å²) in [4.78, 5) is 13.9. The van der Waals surface area contributed by atoms with Gasteiger partial charge >= 0.3 is 0 Å². The van der Waals surface area contributed by atoms with Gasteiger partial charge in [-0.15, -0.1) is 0 Å². The number of hydrogen-bond acceptors (Lipinski definition) is 3. The highest BCUT2D eigenvalue weighted by Crippen LogP contribution is 2.11. The van der Waals surface area contributed by atoms with Crippen LogP contribution in [0.1, 0.15) is 30.6 Å². The minimum absolute atomic E-state index is 0.0337. The van der Waals surface area contributed by atoms with E-state index in [9.17, 15) is 9.18 Å². The molecule has 0 aliphatic carbocycles. The Morgan fingerprint density at radius 3 is 2.74 bits per heavy atom. The Labute approximate surface area is 113 Å². The fraction of sp³-hybridized carbons (Fsp3) is 0.500. The third-order valence-corrected chi connectivity index (χ3v) is 3.09. The number of halogens is 1. The number of nitrogens with zero attached hydrogens (tertiary/aromatic N) is 1. The zero-order chi connectivity index (χ0) is 14.4. The van der Waals surface area contributed by atoms with Crippen molar-refractivity contribution in [2.45, 2.75) is 26.3 Å². The number of rotatable bonds is 6. The summed E-state index contributed by atoms with van der Waals surface area (Å²) in [5.74, 6) is -0.985. The first kappa shape index (κ1) is 15.4. The number of hydrogen-bond donors (Lipinski definition) is 2. The van der Waals surface area contributed by atoms with Crippen LogP contribution in [-0.2, 0) is 0 Å². The molecule has 0 fully saturated rings. The lowest BCUT2D eigenvalue weighted by Crippen LogP contribution is -2.31. The minimum Gasteiger partial charge on any atom is -0.399 e. The Morgan fingerprint density at radius 1 is 1.47 bits per heavy atom. The van der Waals surface area contributed by atoms with Gasteiger partial charge in [-0.25, -0.2) is 4.39 Å². The molecule has 106 valence electrons. The van der Waals surface area contributed by atoms with Crippen LogP contribution in [0, 0.1) is 5.82 Å². The molecule has 0 spiro atoms. The summed E-state index contributed by atoms with van der Waals surface area (Å²) in [5, 5.41) is 2.71. The van der Waals surface area contributed by atoms with E-state index in [2.05, 4.69) is 24.1 Å². The van der Waals surface area contributed by atoms with Crippen molar-refractivity contribution in [3.63, 3.8) is 0 Å². The van der Waals surface area contributed by atoms with Crippen LogP contribution in [0.5, 0.6) is 0 Å². The number of nitrogens with two attached hydrogens (primary N) is 1. The highest BCUT2D eigenvalue weighted by molar-refractivity contribution is 5.94. The van der Waals surface area contributed by atoms with E-state index in [4.69, 9.17) is 5.73 Å². The molecule has 0 bridgehead atoms. The molecule has 0 aromatic heterocycles. The second-order valence-electron chi connectivity index (χ2n) is 4.92. The van der Waals surface area contributed by atoms with Crippen molar-refractivity contribution in [1.82, 2.24) is 10.2 Å². The lowest BCUT2D eigenvalue weighted by molar-refractivity contribution is 0.0947. The largest absolute Gasteiger partial charge is 0.399 e. The average Bonchev–Trinajstić information content (AvgIpc) is 2.33. The molecule has 0 atom stereocenters. The first-order valence-electron chi connectivity index (χ1n) is 6.45. The Bertz CT molecular complexity index is 435. The summed E-state index contributed by atoms with van der Waals surface area (Å²) in [6, 6.07) is 4.55. The van der Waals surface area contributed by atoms with Crippen LogP contribution in [0.25, 0.3) is 0 Å². The maximum atomic E-state index is 13.5. The fourth-order valence-electron chi connectivity index (χ4n) is 1.60. The molecule has 19 heavy (non-hydrogen) atoms. The van der Waals surface area contributed by atoms with E-state index in [1.54, 1.807) is 0 Å². The van der Waals surface area contributed by atoms with E-state index in [1.807, 2.05) is 7.05 Å². The van der Waals surface area contributed by atoms with Crippen molar-refractivity contribution in [3.8, 4) is 0 Å². The number of carbonyl (C=O) groups excluding carboxylic acids is 1. The van der Waals surface area contributed by atoms with Crippen LogP contribution in [0.2, 0.25) is 0 Å². The van der Waals surface area contributed by atoms with Gasteiger partial charge in [-0.2, -0.15) is 0 Å². The van der Waals surface area contributed by atoms with Gasteiger partial charge in [0.15, 0.2) is 0 Å². The van der Waals surface area contributed by atoms with Crippen LogP contribution in [-0.4, -0.2) is 37.0 Å². The molecular weight excluding hydrogens is 245 g/mol. The number of carbonyl (C=O) groups is 1.